The largest absolute Gasteiger partial charge is 0.332 e. The van der Waals surface area contributed by atoms with Gasteiger partial charge in [-0.3, -0.25) is 23.4 Å². The molecule has 3 aromatic heterocycles. The molecule has 4 heterocycles. The molecule has 0 amide bonds. The molecule has 0 aliphatic carbocycles. The second-order valence-corrected chi connectivity index (χ2v) is 7.48. The predicted molar refractivity (Wildman–Crippen MR) is 110 cm³/mol. The average Bonchev–Trinajstić information content (AvgIpc) is 3.34. The summed E-state index contributed by atoms with van der Waals surface area (Å²) in [6, 6.07) is 7.24. The molecular formula is C20H21N7O2. The van der Waals surface area contributed by atoms with Gasteiger partial charge in [-0.25, -0.2) is 4.98 Å². The molecule has 148 valence electrons. The number of para-hydroxylation sites is 1. The van der Waals surface area contributed by atoms with E-state index in [1.807, 2.05) is 18.2 Å². The summed E-state index contributed by atoms with van der Waals surface area (Å²) in [4.78, 5) is 37.3. The van der Waals surface area contributed by atoms with Gasteiger partial charge < -0.3 is 4.90 Å². The molecule has 9 nitrogen and oxygen atoms in total. The third-order valence-electron chi connectivity index (χ3n) is 5.77. The topological polar surface area (TPSA) is 90.8 Å². The van der Waals surface area contributed by atoms with Crippen molar-refractivity contribution in [1.82, 2.24) is 28.9 Å². The van der Waals surface area contributed by atoms with Crippen molar-refractivity contribution < 1.29 is 0 Å². The van der Waals surface area contributed by atoms with Crippen LogP contribution >= 0.6 is 0 Å². The summed E-state index contributed by atoms with van der Waals surface area (Å²) in [5.74, 6) is 1.25. The predicted octanol–water partition coefficient (Wildman–Crippen LogP) is 1.26. The van der Waals surface area contributed by atoms with Crippen LogP contribution in [0.1, 0.15) is 24.7 Å². The number of fused-ring (bicyclic) bond motifs is 2. The number of aromatic nitrogens is 6. The molecule has 1 aromatic carbocycles. The first-order valence-electron chi connectivity index (χ1n) is 9.58. The number of hydrogen-bond acceptors (Lipinski definition) is 6. The van der Waals surface area contributed by atoms with Gasteiger partial charge in [0.1, 0.15) is 11.2 Å². The van der Waals surface area contributed by atoms with Crippen molar-refractivity contribution in [3.63, 3.8) is 0 Å². The van der Waals surface area contributed by atoms with Crippen molar-refractivity contribution in [2.45, 2.75) is 18.9 Å². The zero-order valence-electron chi connectivity index (χ0n) is 16.5. The normalized spacial score (nSPS) is 16.9. The summed E-state index contributed by atoms with van der Waals surface area (Å²) in [5, 5.41) is 5.26. The van der Waals surface area contributed by atoms with E-state index in [2.05, 4.69) is 10.00 Å². The molecule has 5 rings (SSSR count). The molecule has 29 heavy (non-hydrogen) atoms. The van der Waals surface area contributed by atoms with E-state index in [1.165, 1.54) is 0 Å². The Bertz CT molecular complexity index is 1380. The molecule has 4 aromatic rings. The molecule has 1 saturated heterocycles. The molecule has 1 aliphatic rings. The van der Waals surface area contributed by atoms with E-state index in [-0.39, 0.29) is 17.2 Å². The number of aryl methyl sites for hydroxylation is 1. The monoisotopic (exact) mass is 391 g/mol. The zero-order valence-corrected chi connectivity index (χ0v) is 16.5. The Morgan fingerprint density at radius 3 is 2.55 bits per heavy atom. The molecule has 0 radical (unpaired) electrons. The number of benzene rings is 1. The lowest BCUT2D eigenvalue weighted by atomic mass is 10.1. The Kier molecular flexibility index (Phi) is 3.80. The Balaban J connectivity index is 1.70. The highest BCUT2D eigenvalue weighted by atomic mass is 16.1. The van der Waals surface area contributed by atoms with Gasteiger partial charge in [-0.1, -0.05) is 12.1 Å². The van der Waals surface area contributed by atoms with Crippen molar-refractivity contribution in [3.05, 3.63) is 57.0 Å². The summed E-state index contributed by atoms with van der Waals surface area (Å²) in [6.45, 7) is 0.733. The van der Waals surface area contributed by atoms with Crippen LogP contribution in [0.15, 0.2) is 40.1 Å². The van der Waals surface area contributed by atoms with Gasteiger partial charge in [0.25, 0.3) is 11.1 Å². The summed E-state index contributed by atoms with van der Waals surface area (Å²) < 4.78 is 4.78. The number of hydrogen-bond donors (Lipinski definition) is 0. The lowest BCUT2D eigenvalue weighted by Gasteiger charge is -2.27. The van der Waals surface area contributed by atoms with Crippen LogP contribution in [0.5, 0.6) is 0 Å². The second kappa shape index (κ2) is 6.26. The van der Waals surface area contributed by atoms with Crippen molar-refractivity contribution >= 4 is 27.9 Å². The molecular weight excluding hydrogens is 370 g/mol. The highest BCUT2D eigenvalue weighted by Crippen LogP contribution is 2.34. The molecule has 1 aliphatic heterocycles. The van der Waals surface area contributed by atoms with Crippen molar-refractivity contribution in [2.24, 2.45) is 21.1 Å². The van der Waals surface area contributed by atoms with Crippen LogP contribution in [0.4, 0.5) is 5.95 Å². The van der Waals surface area contributed by atoms with Gasteiger partial charge in [-0.2, -0.15) is 10.1 Å². The minimum atomic E-state index is -0.138. The lowest BCUT2D eigenvalue weighted by Crippen LogP contribution is -2.35. The first kappa shape index (κ1) is 17.6. The van der Waals surface area contributed by atoms with E-state index >= 15 is 0 Å². The molecule has 1 fully saturated rings. The van der Waals surface area contributed by atoms with Crippen LogP contribution in [0.25, 0.3) is 21.9 Å². The van der Waals surface area contributed by atoms with Gasteiger partial charge in [0, 0.05) is 27.7 Å². The molecule has 0 N–H and O–H groups in total. The first-order valence-corrected chi connectivity index (χ1v) is 9.58. The zero-order chi connectivity index (χ0) is 20.3. The van der Waals surface area contributed by atoms with Gasteiger partial charge >= 0.3 is 0 Å². The summed E-state index contributed by atoms with van der Waals surface area (Å²) >= 11 is 0. The standard InChI is InChI=1S/C20H21N7O2/c1-24-17(22-14-8-5-4-7-12(14)18(24)28)15-9-6-10-27(15)20-23-16-13(11-21-26(16)3)19(29)25(20)2/h4-5,7-8,11,15H,6,9-10H2,1-3H3. The molecule has 0 saturated carbocycles. The van der Waals surface area contributed by atoms with Gasteiger partial charge in [-0.15, -0.1) is 0 Å². The fraction of sp³-hybridized carbons (Fsp3) is 0.350. The number of nitrogens with zero attached hydrogens (tertiary/aromatic N) is 7. The van der Waals surface area contributed by atoms with Crippen molar-refractivity contribution in [1.29, 1.82) is 0 Å². The van der Waals surface area contributed by atoms with Gasteiger partial charge in [0.05, 0.1) is 23.1 Å². The first-order chi connectivity index (χ1) is 14.0. The molecule has 1 atom stereocenters. The maximum atomic E-state index is 12.9. The average molecular weight is 391 g/mol. The third kappa shape index (κ3) is 2.50. The second-order valence-electron chi connectivity index (χ2n) is 7.48. The maximum Gasteiger partial charge on any atom is 0.265 e. The summed E-state index contributed by atoms with van der Waals surface area (Å²) in [5.41, 5.74) is 1.03. The number of rotatable bonds is 2. The number of anilines is 1. The van der Waals surface area contributed by atoms with E-state index < -0.39 is 0 Å². The summed E-state index contributed by atoms with van der Waals surface area (Å²) in [6.07, 6.45) is 3.30. The molecule has 0 bridgehead atoms. The van der Waals surface area contributed by atoms with E-state index in [9.17, 15) is 9.59 Å². The Labute approximate surface area is 165 Å². The lowest BCUT2D eigenvalue weighted by molar-refractivity contribution is 0.592. The van der Waals surface area contributed by atoms with Crippen LogP contribution in [-0.4, -0.2) is 35.4 Å². The molecule has 1 unspecified atom stereocenters. The van der Waals surface area contributed by atoms with E-state index in [4.69, 9.17) is 9.97 Å². The van der Waals surface area contributed by atoms with Crippen molar-refractivity contribution in [2.75, 3.05) is 11.4 Å². The van der Waals surface area contributed by atoms with Crippen LogP contribution in [0.3, 0.4) is 0 Å². The van der Waals surface area contributed by atoms with E-state index in [0.717, 1.165) is 19.4 Å². The highest BCUT2D eigenvalue weighted by Gasteiger charge is 2.32. The Hall–Kier alpha value is -3.49. The fourth-order valence-corrected chi connectivity index (χ4v) is 4.22. The quantitative estimate of drug-likeness (QED) is 0.511. The van der Waals surface area contributed by atoms with Crippen molar-refractivity contribution in [3.8, 4) is 0 Å². The molecule has 9 heteroatoms. The van der Waals surface area contributed by atoms with Crippen LogP contribution in [0, 0.1) is 0 Å². The fourth-order valence-electron chi connectivity index (χ4n) is 4.22. The van der Waals surface area contributed by atoms with Gasteiger partial charge in [0.15, 0.2) is 5.65 Å². The smallest absolute Gasteiger partial charge is 0.265 e. The molecule has 0 spiro atoms. The Morgan fingerprint density at radius 2 is 1.72 bits per heavy atom. The summed E-state index contributed by atoms with van der Waals surface area (Å²) in [7, 11) is 5.25. The van der Waals surface area contributed by atoms with E-state index in [0.29, 0.717) is 33.7 Å². The van der Waals surface area contributed by atoms with Crippen LogP contribution < -0.4 is 16.0 Å². The minimum Gasteiger partial charge on any atom is -0.332 e. The highest BCUT2D eigenvalue weighted by molar-refractivity contribution is 5.77. The SMILES string of the molecule is Cn1c(C2CCCN2c2nc3c(cnn3C)c(=O)n2C)nc2ccccc2c1=O. The maximum absolute atomic E-state index is 12.9. The Morgan fingerprint density at radius 1 is 0.966 bits per heavy atom. The van der Waals surface area contributed by atoms with E-state index in [1.54, 1.807) is 47.2 Å². The van der Waals surface area contributed by atoms with Crippen LogP contribution in [0.2, 0.25) is 0 Å². The van der Waals surface area contributed by atoms with Gasteiger partial charge in [-0.05, 0) is 25.0 Å². The van der Waals surface area contributed by atoms with Crippen LogP contribution in [-0.2, 0) is 21.1 Å². The third-order valence-corrected chi connectivity index (χ3v) is 5.77. The van der Waals surface area contributed by atoms with Gasteiger partial charge in [0.2, 0.25) is 5.95 Å². The minimum absolute atomic E-state index is 0.0682.